The van der Waals surface area contributed by atoms with E-state index in [2.05, 4.69) is 67.4 Å². The first-order valence-electron chi connectivity index (χ1n) is 8.07. The topological polar surface area (TPSA) is 25.2 Å². The van der Waals surface area contributed by atoms with Gasteiger partial charge in [0.05, 0.1) is 5.69 Å². The number of nitrogens with zero attached hydrogens (tertiary/aromatic N) is 2. The Balaban J connectivity index is 0.000000758. The molecule has 2 aromatic carbocycles. The van der Waals surface area contributed by atoms with Crippen molar-refractivity contribution in [3.05, 3.63) is 101 Å². The van der Waals surface area contributed by atoms with Crippen molar-refractivity contribution in [1.82, 2.24) is 4.98 Å². The van der Waals surface area contributed by atoms with Gasteiger partial charge in [-0.05, 0) is 48.2 Å². The summed E-state index contributed by atoms with van der Waals surface area (Å²) in [7, 11) is 9.53. The molecule has 136 valence electrons. The van der Waals surface area contributed by atoms with Gasteiger partial charge in [0, 0.05) is 12.4 Å². The fourth-order valence-electron chi connectivity index (χ4n) is 2.72. The van der Waals surface area contributed by atoms with Crippen LogP contribution in [-0.2, 0) is 13.1 Å². The molecular formula is C21H20Cl2FeN2. The van der Waals surface area contributed by atoms with Crippen molar-refractivity contribution >= 4 is 26.4 Å². The van der Waals surface area contributed by atoms with Crippen LogP contribution in [0.4, 0.5) is 0 Å². The van der Waals surface area contributed by atoms with Gasteiger partial charge in [-0.15, -0.1) is 0 Å². The Morgan fingerprint density at radius 3 is 1.81 bits per heavy atom. The zero-order valence-electron chi connectivity index (χ0n) is 14.6. The molecule has 1 heterocycles. The van der Waals surface area contributed by atoms with Crippen LogP contribution in [0.1, 0.15) is 34.0 Å². The molecule has 3 aromatic rings. The molecule has 0 amide bonds. The summed E-state index contributed by atoms with van der Waals surface area (Å²) in [5, 5.41) is 0. The number of rotatable bonds is 4. The van der Waals surface area contributed by atoms with Crippen molar-refractivity contribution < 1.29 is 13.1 Å². The van der Waals surface area contributed by atoms with Gasteiger partial charge in [0.1, 0.15) is 6.04 Å². The van der Waals surface area contributed by atoms with E-state index in [1.165, 1.54) is 22.3 Å². The van der Waals surface area contributed by atoms with E-state index in [1.807, 2.05) is 24.4 Å². The second-order valence-electron chi connectivity index (χ2n) is 5.70. The Morgan fingerprint density at radius 2 is 1.35 bits per heavy atom. The minimum absolute atomic E-state index is 0.0144. The number of hydrogen-bond acceptors (Lipinski definition) is 2. The number of benzene rings is 2. The molecule has 0 atom stereocenters. The molecule has 0 aliphatic heterocycles. The van der Waals surface area contributed by atoms with Crippen LogP contribution in [0.3, 0.4) is 0 Å². The molecule has 0 aliphatic carbocycles. The summed E-state index contributed by atoms with van der Waals surface area (Å²) in [5.41, 5.74) is 5.83. The first-order chi connectivity index (χ1) is 12.7. The average Bonchev–Trinajstić information content (AvgIpc) is 2.66. The molecular weight excluding hydrogens is 407 g/mol. The molecule has 0 N–H and O–H groups in total. The average molecular weight is 427 g/mol. The van der Waals surface area contributed by atoms with Gasteiger partial charge < -0.3 is 0 Å². The second kappa shape index (κ2) is 11.2. The number of pyridine rings is 1. The molecule has 0 fully saturated rings. The monoisotopic (exact) mass is 426 g/mol. The van der Waals surface area contributed by atoms with Gasteiger partial charge in [-0.25, -0.2) is 0 Å². The van der Waals surface area contributed by atoms with Crippen molar-refractivity contribution in [3.63, 3.8) is 0 Å². The molecule has 0 bridgehead atoms. The van der Waals surface area contributed by atoms with Gasteiger partial charge in [0.2, 0.25) is 0 Å². The van der Waals surface area contributed by atoms with E-state index in [0.29, 0.717) is 0 Å². The predicted molar refractivity (Wildman–Crippen MR) is 108 cm³/mol. The summed E-state index contributed by atoms with van der Waals surface area (Å²) in [4.78, 5) is 9.20. The van der Waals surface area contributed by atoms with Crippen LogP contribution >= 0.6 is 20.2 Å². The SMILES string of the molecule is Cc1ccccc1C(N=Cc1ccccn1)c1ccccc1C.[Cl][Fe][Cl]. The van der Waals surface area contributed by atoms with Crippen LogP contribution < -0.4 is 0 Å². The van der Waals surface area contributed by atoms with Gasteiger partial charge >= 0.3 is 33.3 Å². The molecule has 5 heteroatoms. The first-order valence-corrected chi connectivity index (χ1v) is 11.1. The Morgan fingerprint density at radius 1 is 0.846 bits per heavy atom. The van der Waals surface area contributed by atoms with Crippen molar-refractivity contribution in [3.8, 4) is 0 Å². The first kappa shape index (κ1) is 20.7. The van der Waals surface area contributed by atoms with E-state index < -0.39 is 0 Å². The summed E-state index contributed by atoms with van der Waals surface area (Å²) in [5.74, 6) is 0. The molecule has 1 aromatic heterocycles. The van der Waals surface area contributed by atoms with E-state index >= 15 is 0 Å². The maximum absolute atomic E-state index is 4.87. The third kappa shape index (κ3) is 5.96. The van der Waals surface area contributed by atoms with Gasteiger partial charge in [0.25, 0.3) is 0 Å². The fraction of sp³-hybridized carbons (Fsp3) is 0.143. The minimum atomic E-state index is -0.0144. The van der Waals surface area contributed by atoms with Crippen molar-refractivity contribution in [2.75, 3.05) is 0 Å². The Hall–Kier alpha value is -1.64. The Labute approximate surface area is 169 Å². The van der Waals surface area contributed by atoms with E-state index in [9.17, 15) is 0 Å². The fourth-order valence-corrected chi connectivity index (χ4v) is 2.72. The van der Waals surface area contributed by atoms with E-state index in [1.54, 1.807) is 6.20 Å². The number of aliphatic imine (C=N–C) groups is 1. The summed E-state index contributed by atoms with van der Waals surface area (Å²) in [6.45, 7) is 4.27. The summed E-state index contributed by atoms with van der Waals surface area (Å²) >= 11 is 0.194. The molecule has 0 aliphatic rings. The van der Waals surface area contributed by atoms with Gasteiger partial charge in [-0.1, -0.05) is 54.6 Å². The standard InChI is InChI=1S/C21H20N2.2ClH.Fe/c1-16-9-3-5-12-19(16)21(20-13-6-4-10-17(20)2)23-15-18-11-7-8-14-22-18;;;/h3-15,21H,1-2H3;2*1H;/q;;;+2/p-2. The molecule has 0 radical (unpaired) electrons. The van der Waals surface area contributed by atoms with E-state index in [0.717, 1.165) is 5.69 Å². The van der Waals surface area contributed by atoms with Crippen molar-refractivity contribution in [2.45, 2.75) is 19.9 Å². The van der Waals surface area contributed by atoms with Crippen LogP contribution in [-0.4, -0.2) is 11.2 Å². The van der Waals surface area contributed by atoms with Gasteiger partial charge in [0.15, 0.2) is 0 Å². The molecule has 2 nitrogen and oxygen atoms in total. The Bertz CT molecular complexity index is 793. The van der Waals surface area contributed by atoms with Crippen LogP contribution in [0.25, 0.3) is 0 Å². The number of aryl methyl sites for hydroxylation is 2. The number of aromatic nitrogens is 1. The zero-order valence-corrected chi connectivity index (χ0v) is 17.2. The normalized spacial score (nSPS) is 10.8. The zero-order chi connectivity index (χ0) is 18.8. The van der Waals surface area contributed by atoms with E-state index in [-0.39, 0.29) is 19.2 Å². The quantitative estimate of drug-likeness (QED) is 0.355. The molecule has 3 rings (SSSR count). The van der Waals surface area contributed by atoms with Crippen LogP contribution in [0.2, 0.25) is 0 Å². The summed E-state index contributed by atoms with van der Waals surface area (Å²) < 4.78 is 0. The van der Waals surface area contributed by atoms with Crippen LogP contribution in [0.5, 0.6) is 0 Å². The third-order valence-electron chi connectivity index (χ3n) is 4.01. The van der Waals surface area contributed by atoms with Gasteiger partial charge in [-0.3, -0.25) is 9.98 Å². The van der Waals surface area contributed by atoms with Crippen LogP contribution in [0.15, 0.2) is 77.9 Å². The summed E-state index contributed by atoms with van der Waals surface area (Å²) in [6.07, 6.45) is 3.65. The molecule has 0 unspecified atom stereocenters. The second-order valence-corrected chi connectivity index (χ2v) is 7.52. The molecule has 0 saturated heterocycles. The van der Waals surface area contributed by atoms with Crippen molar-refractivity contribution in [1.29, 1.82) is 0 Å². The molecule has 0 spiro atoms. The molecule has 26 heavy (non-hydrogen) atoms. The van der Waals surface area contributed by atoms with Crippen molar-refractivity contribution in [2.24, 2.45) is 4.99 Å². The molecule has 0 saturated carbocycles. The van der Waals surface area contributed by atoms with Gasteiger partial charge in [-0.2, -0.15) is 0 Å². The third-order valence-corrected chi connectivity index (χ3v) is 4.01. The van der Waals surface area contributed by atoms with E-state index in [4.69, 9.17) is 25.2 Å². The number of halogens is 2. The number of hydrogen-bond donors (Lipinski definition) is 0. The predicted octanol–water partition coefficient (Wildman–Crippen LogP) is 6.28. The summed E-state index contributed by atoms with van der Waals surface area (Å²) in [6, 6.07) is 22.7. The maximum atomic E-state index is 4.87. The van der Waals surface area contributed by atoms with Crippen LogP contribution in [0, 0.1) is 13.8 Å². The Kier molecular flexibility index (Phi) is 8.87.